The van der Waals surface area contributed by atoms with Crippen LogP contribution in [0.5, 0.6) is 0 Å². The Balaban J connectivity index is 1.88. The summed E-state index contributed by atoms with van der Waals surface area (Å²) in [6.45, 7) is 3.05. The lowest BCUT2D eigenvalue weighted by Crippen LogP contribution is -2.55. The lowest BCUT2D eigenvalue weighted by Gasteiger charge is -2.36. The summed E-state index contributed by atoms with van der Waals surface area (Å²) in [6, 6.07) is 0.0379. The lowest BCUT2D eigenvalue weighted by atomic mass is 10.2. The fourth-order valence-corrected chi connectivity index (χ4v) is 3.27. The second kappa shape index (κ2) is 6.06. The van der Waals surface area contributed by atoms with E-state index in [0.717, 1.165) is 25.9 Å². The highest BCUT2D eigenvalue weighted by Gasteiger charge is 2.28. The third-order valence-electron chi connectivity index (χ3n) is 3.75. The summed E-state index contributed by atoms with van der Waals surface area (Å²) in [5, 5.41) is 5.08. The number of carbonyl (C=O) groups is 1. The number of nitrogens with zero attached hydrogens (tertiary/aromatic N) is 3. The molecule has 0 aromatic heterocycles. The van der Waals surface area contributed by atoms with Gasteiger partial charge >= 0.3 is 6.03 Å². The van der Waals surface area contributed by atoms with Gasteiger partial charge in [-0.15, -0.1) is 0 Å². The minimum Gasteiger partial charge on any atom is -0.325 e. The lowest BCUT2D eigenvalue weighted by molar-refractivity contribution is 0.135. The minimum absolute atomic E-state index is 0.0379. The molecule has 2 amide bonds. The van der Waals surface area contributed by atoms with Crippen LogP contribution in [0.15, 0.2) is 0 Å². The topological polar surface area (TPSA) is 87.0 Å². The molecule has 110 valence electrons. The van der Waals surface area contributed by atoms with Crippen LogP contribution in [0.2, 0.25) is 0 Å². The number of rotatable bonds is 1. The van der Waals surface area contributed by atoms with Gasteiger partial charge in [0.25, 0.3) is 10.2 Å². The monoisotopic (exact) mass is 290 g/mol. The van der Waals surface area contributed by atoms with E-state index in [1.165, 1.54) is 17.1 Å². The molecule has 2 aliphatic heterocycles. The molecule has 0 aliphatic carbocycles. The number of urea groups is 1. The summed E-state index contributed by atoms with van der Waals surface area (Å²) in [5.74, 6) is 0. The van der Waals surface area contributed by atoms with Crippen molar-refractivity contribution in [3.63, 3.8) is 0 Å². The van der Waals surface area contributed by atoms with Crippen molar-refractivity contribution in [3.05, 3.63) is 0 Å². The summed E-state index contributed by atoms with van der Waals surface area (Å²) in [5.41, 5.74) is 0. The molecule has 2 N–H and O–H groups in total. The summed E-state index contributed by atoms with van der Waals surface area (Å²) >= 11 is 0. The second-order valence-electron chi connectivity index (χ2n) is 5.11. The number of carbonyl (C=O) groups excluding carboxylic acids is 1. The summed E-state index contributed by atoms with van der Waals surface area (Å²) in [7, 11) is -3.62. The van der Waals surface area contributed by atoms with Crippen molar-refractivity contribution in [1.29, 1.82) is 0 Å². The Kier molecular flexibility index (Phi) is 4.64. The van der Waals surface area contributed by atoms with E-state index in [4.69, 9.17) is 5.14 Å². The zero-order valence-corrected chi connectivity index (χ0v) is 11.9. The minimum atomic E-state index is -3.62. The van der Waals surface area contributed by atoms with Crippen LogP contribution >= 0.6 is 0 Å². The molecule has 2 fully saturated rings. The Morgan fingerprint density at radius 1 is 0.789 bits per heavy atom. The van der Waals surface area contributed by atoms with Gasteiger partial charge in [0.05, 0.1) is 0 Å². The Morgan fingerprint density at radius 3 is 1.74 bits per heavy atom. The zero-order valence-electron chi connectivity index (χ0n) is 11.1. The third kappa shape index (κ3) is 3.80. The van der Waals surface area contributed by atoms with Gasteiger partial charge in [-0.1, -0.05) is 12.8 Å². The SMILES string of the molecule is NS(=O)(=O)N1CCN(C(=O)N2CCCCCC2)CC1. The van der Waals surface area contributed by atoms with Crippen molar-refractivity contribution >= 4 is 16.2 Å². The highest BCUT2D eigenvalue weighted by molar-refractivity contribution is 7.86. The van der Waals surface area contributed by atoms with Gasteiger partial charge in [0.2, 0.25) is 0 Å². The average Bonchev–Trinajstić information content (AvgIpc) is 2.66. The fraction of sp³-hybridized carbons (Fsp3) is 0.909. The van der Waals surface area contributed by atoms with Crippen LogP contribution < -0.4 is 5.14 Å². The van der Waals surface area contributed by atoms with E-state index in [9.17, 15) is 13.2 Å². The standard InChI is InChI=1S/C11H22N4O3S/c12-19(17,18)15-9-7-14(8-10-15)11(16)13-5-3-1-2-4-6-13/h1-10H2,(H2,12,17,18). The molecule has 2 aliphatic rings. The quantitative estimate of drug-likeness (QED) is 0.725. The predicted octanol–water partition coefficient (Wildman–Crippen LogP) is -0.196. The smallest absolute Gasteiger partial charge is 0.320 e. The zero-order chi connectivity index (χ0) is 13.9. The average molecular weight is 290 g/mol. The molecule has 2 heterocycles. The Labute approximate surface area is 114 Å². The van der Waals surface area contributed by atoms with E-state index in [2.05, 4.69) is 0 Å². The normalized spacial score (nSPS) is 23.2. The third-order valence-corrected chi connectivity index (χ3v) is 4.83. The van der Waals surface area contributed by atoms with Gasteiger partial charge < -0.3 is 9.80 Å². The number of hydrogen-bond donors (Lipinski definition) is 1. The first-order valence-electron chi connectivity index (χ1n) is 6.80. The van der Waals surface area contributed by atoms with Crippen LogP contribution in [0.4, 0.5) is 4.79 Å². The van der Waals surface area contributed by atoms with E-state index in [1.807, 2.05) is 4.90 Å². The molecule has 19 heavy (non-hydrogen) atoms. The van der Waals surface area contributed by atoms with Gasteiger partial charge in [0.1, 0.15) is 0 Å². The molecule has 0 saturated carbocycles. The maximum Gasteiger partial charge on any atom is 0.320 e. The van der Waals surface area contributed by atoms with Crippen molar-refractivity contribution < 1.29 is 13.2 Å². The van der Waals surface area contributed by atoms with Crippen LogP contribution in [0.25, 0.3) is 0 Å². The van der Waals surface area contributed by atoms with Gasteiger partial charge in [-0.2, -0.15) is 12.7 Å². The van der Waals surface area contributed by atoms with Crippen molar-refractivity contribution in [2.45, 2.75) is 25.7 Å². The molecular weight excluding hydrogens is 268 g/mol. The molecule has 2 rings (SSSR count). The van der Waals surface area contributed by atoms with Gasteiger partial charge in [-0.05, 0) is 12.8 Å². The van der Waals surface area contributed by atoms with Crippen molar-refractivity contribution in [1.82, 2.24) is 14.1 Å². The van der Waals surface area contributed by atoms with Crippen LogP contribution in [0.1, 0.15) is 25.7 Å². The first-order valence-corrected chi connectivity index (χ1v) is 8.30. The van der Waals surface area contributed by atoms with E-state index in [0.29, 0.717) is 26.2 Å². The van der Waals surface area contributed by atoms with E-state index in [1.54, 1.807) is 4.90 Å². The summed E-state index contributed by atoms with van der Waals surface area (Å²) in [6.07, 6.45) is 4.48. The Bertz CT molecular complexity index is 410. The molecule has 0 spiro atoms. The number of hydrogen-bond acceptors (Lipinski definition) is 3. The maximum atomic E-state index is 12.3. The van der Waals surface area contributed by atoms with E-state index >= 15 is 0 Å². The molecule has 7 nitrogen and oxygen atoms in total. The van der Waals surface area contributed by atoms with Crippen LogP contribution in [-0.4, -0.2) is 67.8 Å². The van der Waals surface area contributed by atoms with Crippen LogP contribution in [0.3, 0.4) is 0 Å². The first kappa shape index (κ1) is 14.5. The first-order chi connectivity index (χ1) is 8.98. The molecule has 0 radical (unpaired) electrons. The van der Waals surface area contributed by atoms with Crippen LogP contribution in [0, 0.1) is 0 Å². The van der Waals surface area contributed by atoms with Gasteiger partial charge in [-0.3, -0.25) is 0 Å². The maximum absolute atomic E-state index is 12.3. The molecule has 0 aromatic carbocycles. The molecule has 0 bridgehead atoms. The molecule has 0 aromatic rings. The summed E-state index contributed by atoms with van der Waals surface area (Å²) < 4.78 is 23.6. The van der Waals surface area contributed by atoms with Gasteiger partial charge in [0, 0.05) is 39.3 Å². The largest absolute Gasteiger partial charge is 0.325 e. The number of likely N-dealkylation sites (tertiary alicyclic amines) is 1. The highest BCUT2D eigenvalue weighted by Crippen LogP contribution is 2.13. The second-order valence-corrected chi connectivity index (χ2v) is 6.66. The molecule has 8 heteroatoms. The van der Waals surface area contributed by atoms with Gasteiger partial charge in [0.15, 0.2) is 0 Å². The fourth-order valence-electron chi connectivity index (χ4n) is 2.60. The van der Waals surface area contributed by atoms with E-state index < -0.39 is 10.2 Å². The number of amides is 2. The summed E-state index contributed by atoms with van der Waals surface area (Å²) in [4.78, 5) is 15.9. The molecular formula is C11H22N4O3S. The van der Waals surface area contributed by atoms with Crippen molar-refractivity contribution in [2.24, 2.45) is 5.14 Å². The van der Waals surface area contributed by atoms with Crippen molar-refractivity contribution in [3.8, 4) is 0 Å². The Morgan fingerprint density at radius 2 is 1.26 bits per heavy atom. The number of nitrogens with two attached hydrogens (primary N) is 1. The molecule has 0 unspecified atom stereocenters. The van der Waals surface area contributed by atoms with Crippen molar-refractivity contribution in [2.75, 3.05) is 39.3 Å². The van der Waals surface area contributed by atoms with Gasteiger partial charge in [-0.25, -0.2) is 9.93 Å². The highest BCUT2D eigenvalue weighted by atomic mass is 32.2. The van der Waals surface area contributed by atoms with E-state index in [-0.39, 0.29) is 6.03 Å². The number of piperazine rings is 1. The van der Waals surface area contributed by atoms with Crippen LogP contribution in [-0.2, 0) is 10.2 Å². The molecule has 0 atom stereocenters. The molecule has 2 saturated heterocycles. The predicted molar refractivity (Wildman–Crippen MR) is 71.7 cm³/mol. The Hall–Kier alpha value is -0.860.